The monoisotopic (exact) mass is 275 g/mol. The minimum atomic E-state index is 0.152. The molecule has 4 nitrogen and oxygen atoms in total. The first-order chi connectivity index (χ1) is 9.65. The minimum Gasteiger partial charge on any atom is -0.370 e. The Labute approximate surface area is 121 Å². The van der Waals surface area contributed by atoms with E-state index in [-0.39, 0.29) is 5.91 Å². The summed E-state index contributed by atoms with van der Waals surface area (Å²) in [5.74, 6) is 0.960. The Balaban J connectivity index is 2.18. The summed E-state index contributed by atoms with van der Waals surface area (Å²) in [6.45, 7) is 7.98. The fourth-order valence-corrected chi connectivity index (χ4v) is 2.83. The summed E-state index contributed by atoms with van der Waals surface area (Å²) in [6.07, 6.45) is 4.34. The Bertz CT molecular complexity index is 473. The van der Waals surface area contributed by atoms with Crippen LogP contribution in [-0.4, -0.2) is 34.9 Å². The van der Waals surface area contributed by atoms with Crippen LogP contribution in [0.1, 0.15) is 55.6 Å². The number of aryl methyl sites for hydroxylation is 1. The van der Waals surface area contributed by atoms with Crippen LogP contribution in [-0.2, 0) is 0 Å². The lowest BCUT2D eigenvalue weighted by atomic mass is 10.1. The highest BCUT2D eigenvalue weighted by Gasteiger charge is 2.28. The number of pyridine rings is 1. The van der Waals surface area contributed by atoms with Crippen molar-refractivity contribution >= 4 is 11.7 Å². The van der Waals surface area contributed by atoms with Crippen LogP contribution in [0.2, 0.25) is 0 Å². The SMILES string of the molecule is CCCNc1cc(C(=O)N2CCCC2CC)cc(C)n1. The van der Waals surface area contributed by atoms with E-state index in [1.807, 2.05) is 24.0 Å². The molecule has 1 saturated heterocycles. The quantitative estimate of drug-likeness (QED) is 0.897. The third kappa shape index (κ3) is 3.30. The maximum Gasteiger partial charge on any atom is 0.254 e. The first-order valence-corrected chi connectivity index (χ1v) is 7.69. The van der Waals surface area contributed by atoms with Crippen molar-refractivity contribution in [1.29, 1.82) is 0 Å². The number of nitrogens with zero attached hydrogens (tertiary/aromatic N) is 2. The molecular weight excluding hydrogens is 250 g/mol. The predicted octanol–water partition coefficient (Wildman–Crippen LogP) is 3.23. The second-order valence-corrected chi connectivity index (χ2v) is 5.51. The third-order valence-electron chi connectivity index (χ3n) is 3.87. The first-order valence-electron chi connectivity index (χ1n) is 7.69. The number of carbonyl (C=O) groups excluding carboxylic acids is 1. The summed E-state index contributed by atoms with van der Waals surface area (Å²) in [7, 11) is 0. The summed E-state index contributed by atoms with van der Waals surface area (Å²) in [5, 5.41) is 3.26. The van der Waals surface area contributed by atoms with E-state index >= 15 is 0 Å². The number of rotatable bonds is 5. The maximum absolute atomic E-state index is 12.7. The van der Waals surface area contributed by atoms with Gasteiger partial charge in [-0.15, -0.1) is 0 Å². The fourth-order valence-electron chi connectivity index (χ4n) is 2.83. The van der Waals surface area contributed by atoms with E-state index in [9.17, 15) is 4.79 Å². The van der Waals surface area contributed by atoms with Gasteiger partial charge in [-0.3, -0.25) is 4.79 Å². The zero-order valence-electron chi connectivity index (χ0n) is 12.8. The molecule has 1 aliphatic rings. The van der Waals surface area contributed by atoms with Crippen molar-refractivity contribution in [3.63, 3.8) is 0 Å². The van der Waals surface area contributed by atoms with Crippen LogP contribution in [0.5, 0.6) is 0 Å². The molecule has 1 fully saturated rings. The normalized spacial score (nSPS) is 18.4. The molecule has 1 N–H and O–H groups in total. The van der Waals surface area contributed by atoms with Gasteiger partial charge >= 0.3 is 0 Å². The summed E-state index contributed by atoms with van der Waals surface area (Å²) >= 11 is 0. The van der Waals surface area contributed by atoms with E-state index in [1.165, 1.54) is 0 Å². The van der Waals surface area contributed by atoms with Gasteiger partial charge in [0.25, 0.3) is 5.91 Å². The van der Waals surface area contributed by atoms with E-state index in [0.717, 1.165) is 55.8 Å². The van der Waals surface area contributed by atoms with Crippen molar-refractivity contribution in [2.45, 2.75) is 52.5 Å². The number of likely N-dealkylation sites (tertiary alicyclic amines) is 1. The molecule has 2 rings (SSSR count). The molecule has 110 valence electrons. The average Bonchev–Trinajstić information content (AvgIpc) is 2.92. The molecule has 1 aliphatic heterocycles. The molecule has 1 aromatic rings. The number of hydrogen-bond acceptors (Lipinski definition) is 3. The van der Waals surface area contributed by atoms with Crippen molar-refractivity contribution < 1.29 is 4.79 Å². The zero-order chi connectivity index (χ0) is 14.5. The van der Waals surface area contributed by atoms with Gasteiger partial charge in [-0.2, -0.15) is 0 Å². The molecule has 2 heterocycles. The highest BCUT2D eigenvalue weighted by molar-refractivity contribution is 5.95. The fraction of sp³-hybridized carbons (Fsp3) is 0.625. The van der Waals surface area contributed by atoms with Crippen LogP contribution in [0.3, 0.4) is 0 Å². The largest absolute Gasteiger partial charge is 0.370 e. The summed E-state index contributed by atoms with van der Waals surface area (Å²) in [5.41, 5.74) is 1.65. The van der Waals surface area contributed by atoms with Gasteiger partial charge in [0.15, 0.2) is 0 Å². The molecule has 1 aromatic heterocycles. The molecule has 0 bridgehead atoms. The van der Waals surface area contributed by atoms with Crippen LogP contribution in [0.4, 0.5) is 5.82 Å². The van der Waals surface area contributed by atoms with Gasteiger partial charge in [0.05, 0.1) is 0 Å². The van der Waals surface area contributed by atoms with E-state index in [0.29, 0.717) is 6.04 Å². The molecule has 0 radical (unpaired) electrons. The van der Waals surface area contributed by atoms with Crippen LogP contribution in [0.25, 0.3) is 0 Å². The average molecular weight is 275 g/mol. The second kappa shape index (κ2) is 6.73. The van der Waals surface area contributed by atoms with Gasteiger partial charge in [-0.1, -0.05) is 13.8 Å². The molecule has 0 spiro atoms. The standard InChI is InChI=1S/C16H25N3O/c1-4-8-17-15-11-13(10-12(3)18-15)16(20)19-9-6-7-14(19)5-2/h10-11,14H,4-9H2,1-3H3,(H,17,18). The first kappa shape index (κ1) is 14.8. The number of nitrogens with one attached hydrogen (secondary N) is 1. The van der Waals surface area contributed by atoms with Gasteiger partial charge in [-0.05, 0) is 44.7 Å². The zero-order valence-corrected chi connectivity index (χ0v) is 12.8. The Hall–Kier alpha value is -1.58. The maximum atomic E-state index is 12.7. The van der Waals surface area contributed by atoms with Gasteiger partial charge in [-0.25, -0.2) is 4.98 Å². The number of carbonyl (C=O) groups is 1. The van der Waals surface area contributed by atoms with Crippen LogP contribution < -0.4 is 5.32 Å². The molecule has 0 aromatic carbocycles. The van der Waals surface area contributed by atoms with Crippen molar-refractivity contribution in [2.75, 3.05) is 18.4 Å². The van der Waals surface area contributed by atoms with E-state index in [1.54, 1.807) is 0 Å². The Morgan fingerprint density at radius 3 is 2.95 bits per heavy atom. The lowest BCUT2D eigenvalue weighted by molar-refractivity contribution is 0.0733. The molecule has 0 saturated carbocycles. The summed E-state index contributed by atoms with van der Waals surface area (Å²) in [4.78, 5) is 19.1. The van der Waals surface area contributed by atoms with E-state index < -0.39 is 0 Å². The van der Waals surface area contributed by atoms with Gasteiger partial charge in [0, 0.05) is 30.4 Å². The molecule has 1 atom stereocenters. The number of hydrogen-bond donors (Lipinski definition) is 1. The topological polar surface area (TPSA) is 45.2 Å². The highest BCUT2D eigenvalue weighted by atomic mass is 16.2. The number of amides is 1. The van der Waals surface area contributed by atoms with Crippen LogP contribution in [0, 0.1) is 6.92 Å². The van der Waals surface area contributed by atoms with Gasteiger partial charge in [0.2, 0.25) is 0 Å². The molecule has 20 heavy (non-hydrogen) atoms. The molecular formula is C16H25N3O. The molecule has 0 aliphatic carbocycles. The van der Waals surface area contributed by atoms with Crippen molar-refractivity contribution in [3.05, 3.63) is 23.4 Å². The van der Waals surface area contributed by atoms with Crippen molar-refractivity contribution in [1.82, 2.24) is 9.88 Å². The Kier molecular flexibility index (Phi) is 4.99. The van der Waals surface area contributed by atoms with E-state index in [4.69, 9.17) is 0 Å². The second-order valence-electron chi connectivity index (χ2n) is 5.51. The Morgan fingerprint density at radius 1 is 1.45 bits per heavy atom. The lowest BCUT2D eigenvalue weighted by Gasteiger charge is -2.24. The number of anilines is 1. The molecule has 1 amide bonds. The van der Waals surface area contributed by atoms with Crippen molar-refractivity contribution in [2.24, 2.45) is 0 Å². The molecule has 4 heteroatoms. The van der Waals surface area contributed by atoms with Gasteiger partial charge in [0.1, 0.15) is 5.82 Å². The number of aromatic nitrogens is 1. The van der Waals surface area contributed by atoms with Crippen LogP contribution >= 0.6 is 0 Å². The predicted molar refractivity (Wildman–Crippen MR) is 82.1 cm³/mol. The smallest absolute Gasteiger partial charge is 0.254 e. The van der Waals surface area contributed by atoms with Crippen molar-refractivity contribution in [3.8, 4) is 0 Å². The summed E-state index contributed by atoms with van der Waals surface area (Å²) in [6, 6.07) is 4.18. The lowest BCUT2D eigenvalue weighted by Crippen LogP contribution is -2.35. The molecule has 1 unspecified atom stereocenters. The van der Waals surface area contributed by atoms with Crippen LogP contribution in [0.15, 0.2) is 12.1 Å². The van der Waals surface area contributed by atoms with Gasteiger partial charge < -0.3 is 10.2 Å². The highest BCUT2D eigenvalue weighted by Crippen LogP contribution is 2.23. The van der Waals surface area contributed by atoms with E-state index in [2.05, 4.69) is 24.1 Å². The Morgan fingerprint density at radius 2 is 2.25 bits per heavy atom. The minimum absolute atomic E-state index is 0.152. The third-order valence-corrected chi connectivity index (χ3v) is 3.87. The summed E-state index contributed by atoms with van der Waals surface area (Å²) < 4.78 is 0.